The Balaban J connectivity index is 1.65. The molecule has 0 saturated carbocycles. The van der Waals surface area contributed by atoms with Crippen molar-refractivity contribution in [2.24, 2.45) is 0 Å². The molecule has 1 aliphatic rings. The Bertz CT molecular complexity index is 466. The monoisotopic (exact) mass is 299 g/mol. The zero-order chi connectivity index (χ0) is 15.3. The van der Waals surface area contributed by atoms with E-state index in [1.54, 1.807) is 12.1 Å². The molecule has 1 aromatic carbocycles. The summed E-state index contributed by atoms with van der Waals surface area (Å²) in [5.41, 5.74) is 0.219. The number of halogens is 2. The maximum Gasteiger partial charge on any atom is 0.335 e. The van der Waals surface area contributed by atoms with Crippen LogP contribution in [0.2, 0.25) is 0 Å². The summed E-state index contributed by atoms with van der Waals surface area (Å²) in [6.45, 7) is 2.09. The predicted molar refractivity (Wildman–Crippen MR) is 74.1 cm³/mol. The normalized spacial score (nSPS) is 18.4. The summed E-state index contributed by atoms with van der Waals surface area (Å²) in [6.07, 6.45) is 0.626. The summed E-state index contributed by atoms with van der Waals surface area (Å²) >= 11 is 0. The Labute approximate surface area is 122 Å². The highest BCUT2D eigenvalue weighted by Gasteiger charge is 2.33. The number of carboxylic acid groups (broad SMARTS) is 1. The smallest absolute Gasteiger partial charge is 0.335 e. The van der Waals surface area contributed by atoms with Crippen LogP contribution in [-0.2, 0) is 0 Å². The number of ether oxygens (including phenoxy) is 1. The van der Waals surface area contributed by atoms with Crippen LogP contribution in [0, 0.1) is 0 Å². The highest BCUT2D eigenvalue weighted by Crippen LogP contribution is 2.27. The fourth-order valence-corrected chi connectivity index (χ4v) is 2.28. The molecule has 6 heteroatoms. The van der Waals surface area contributed by atoms with Crippen LogP contribution in [0.15, 0.2) is 24.3 Å². The maximum absolute atomic E-state index is 13.0. The molecule has 2 rings (SSSR count). The van der Waals surface area contributed by atoms with Gasteiger partial charge in [-0.15, -0.1) is 0 Å². The van der Waals surface area contributed by atoms with E-state index in [9.17, 15) is 13.6 Å². The van der Waals surface area contributed by atoms with Gasteiger partial charge < -0.3 is 14.7 Å². The van der Waals surface area contributed by atoms with Gasteiger partial charge in [0.2, 0.25) is 0 Å². The van der Waals surface area contributed by atoms with Crippen molar-refractivity contribution in [1.29, 1.82) is 0 Å². The Morgan fingerprint density at radius 1 is 1.24 bits per heavy atom. The van der Waals surface area contributed by atoms with Gasteiger partial charge in [-0.1, -0.05) is 0 Å². The number of alkyl halides is 2. The van der Waals surface area contributed by atoms with Gasteiger partial charge in [0, 0.05) is 32.5 Å². The third-order valence-electron chi connectivity index (χ3n) is 3.58. The quantitative estimate of drug-likeness (QED) is 0.821. The first kappa shape index (κ1) is 15.7. The number of hydrogen-bond donors (Lipinski definition) is 1. The number of nitrogens with zero attached hydrogens (tertiary/aromatic N) is 1. The van der Waals surface area contributed by atoms with Crippen molar-refractivity contribution in [2.75, 3.05) is 26.2 Å². The number of carbonyl (C=O) groups is 1. The van der Waals surface area contributed by atoms with Crippen LogP contribution >= 0.6 is 0 Å². The van der Waals surface area contributed by atoms with E-state index < -0.39 is 11.9 Å². The minimum atomic E-state index is -2.50. The molecule has 1 heterocycles. The van der Waals surface area contributed by atoms with Crippen LogP contribution in [-0.4, -0.2) is 48.1 Å². The Morgan fingerprint density at radius 3 is 2.43 bits per heavy atom. The summed E-state index contributed by atoms with van der Waals surface area (Å²) in [7, 11) is 0. The van der Waals surface area contributed by atoms with E-state index in [2.05, 4.69) is 0 Å². The van der Waals surface area contributed by atoms with Crippen LogP contribution in [0.25, 0.3) is 0 Å². The lowest BCUT2D eigenvalue weighted by molar-refractivity contribution is -0.0554. The molecule has 0 unspecified atom stereocenters. The summed E-state index contributed by atoms with van der Waals surface area (Å²) in [5.74, 6) is -2.85. The second-order valence-corrected chi connectivity index (χ2v) is 5.23. The van der Waals surface area contributed by atoms with E-state index in [1.807, 2.05) is 4.90 Å². The molecule has 0 amide bonds. The average Bonchev–Trinajstić information content (AvgIpc) is 2.45. The highest BCUT2D eigenvalue weighted by atomic mass is 19.3. The zero-order valence-electron chi connectivity index (χ0n) is 11.7. The average molecular weight is 299 g/mol. The first-order valence-corrected chi connectivity index (χ1v) is 7.03. The van der Waals surface area contributed by atoms with Crippen molar-refractivity contribution in [3.63, 3.8) is 0 Å². The topological polar surface area (TPSA) is 49.8 Å². The Morgan fingerprint density at radius 2 is 1.86 bits per heavy atom. The van der Waals surface area contributed by atoms with Crippen LogP contribution in [0.3, 0.4) is 0 Å². The molecule has 0 bridgehead atoms. The summed E-state index contributed by atoms with van der Waals surface area (Å²) in [6, 6.07) is 6.21. The van der Waals surface area contributed by atoms with Gasteiger partial charge in [-0.3, -0.25) is 0 Å². The Kier molecular flexibility index (Phi) is 5.12. The standard InChI is InChI=1S/C15H19F2NO3/c16-15(17)6-9-18(10-7-15)8-1-11-21-13-4-2-12(3-5-13)14(19)20/h2-5H,1,6-11H2,(H,19,20). The van der Waals surface area contributed by atoms with Crippen molar-refractivity contribution in [3.8, 4) is 5.75 Å². The highest BCUT2D eigenvalue weighted by molar-refractivity contribution is 5.87. The van der Waals surface area contributed by atoms with Crippen molar-refractivity contribution < 1.29 is 23.4 Å². The first-order chi connectivity index (χ1) is 9.96. The first-order valence-electron chi connectivity index (χ1n) is 7.03. The zero-order valence-corrected chi connectivity index (χ0v) is 11.7. The predicted octanol–water partition coefficient (Wildman–Crippen LogP) is 2.88. The largest absolute Gasteiger partial charge is 0.494 e. The second kappa shape index (κ2) is 6.85. The third-order valence-corrected chi connectivity index (χ3v) is 3.58. The van der Waals surface area contributed by atoms with Crippen molar-refractivity contribution in [1.82, 2.24) is 4.90 Å². The molecule has 0 atom stereocenters. The number of hydrogen-bond acceptors (Lipinski definition) is 3. The van der Waals surface area contributed by atoms with Crippen molar-refractivity contribution >= 4 is 5.97 Å². The van der Waals surface area contributed by atoms with Gasteiger partial charge in [0.25, 0.3) is 5.92 Å². The van der Waals surface area contributed by atoms with Gasteiger partial charge >= 0.3 is 5.97 Å². The lowest BCUT2D eigenvalue weighted by atomic mass is 10.1. The van der Waals surface area contributed by atoms with Crippen molar-refractivity contribution in [3.05, 3.63) is 29.8 Å². The number of aromatic carboxylic acids is 1. The molecule has 0 aliphatic carbocycles. The van der Waals surface area contributed by atoms with Crippen LogP contribution in [0.1, 0.15) is 29.6 Å². The molecule has 1 aliphatic heterocycles. The number of likely N-dealkylation sites (tertiary alicyclic amines) is 1. The summed E-state index contributed by atoms with van der Waals surface area (Å²) < 4.78 is 31.5. The lowest BCUT2D eigenvalue weighted by Gasteiger charge is -2.31. The molecule has 0 radical (unpaired) electrons. The lowest BCUT2D eigenvalue weighted by Crippen LogP contribution is -2.40. The SMILES string of the molecule is O=C(O)c1ccc(OCCCN2CCC(F)(F)CC2)cc1. The van der Waals surface area contributed by atoms with E-state index in [-0.39, 0.29) is 18.4 Å². The van der Waals surface area contributed by atoms with E-state index in [0.29, 0.717) is 25.4 Å². The number of rotatable bonds is 6. The van der Waals surface area contributed by atoms with Gasteiger partial charge in [-0.25, -0.2) is 13.6 Å². The van der Waals surface area contributed by atoms with E-state index in [1.165, 1.54) is 12.1 Å². The molecule has 0 spiro atoms. The molecule has 21 heavy (non-hydrogen) atoms. The minimum absolute atomic E-state index is 0.0650. The summed E-state index contributed by atoms with van der Waals surface area (Å²) in [4.78, 5) is 12.7. The molecule has 4 nitrogen and oxygen atoms in total. The van der Waals surface area contributed by atoms with Gasteiger partial charge in [-0.2, -0.15) is 0 Å². The fourth-order valence-electron chi connectivity index (χ4n) is 2.28. The van der Waals surface area contributed by atoms with Crippen molar-refractivity contribution in [2.45, 2.75) is 25.2 Å². The molecular formula is C15H19F2NO3. The van der Waals surface area contributed by atoms with E-state index in [0.717, 1.165) is 13.0 Å². The minimum Gasteiger partial charge on any atom is -0.494 e. The van der Waals surface area contributed by atoms with E-state index in [4.69, 9.17) is 9.84 Å². The van der Waals surface area contributed by atoms with Gasteiger partial charge in [-0.05, 0) is 30.7 Å². The fraction of sp³-hybridized carbons (Fsp3) is 0.533. The molecule has 1 saturated heterocycles. The van der Waals surface area contributed by atoms with Gasteiger partial charge in [0.05, 0.1) is 12.2 Å². The maximum atomic E-state index is 13.0. The van der Waals surface area contributed by atoms with Gasteiger partial charge in [0.15, 0.2) is 0 Å². The molecule has 1 fully saturated rings. The second-order valence-electron chi connectivity index (χ2n) is 5.23. The van der Waals surface area contributed by atoms with Crippen LogP contribution < -0.4 is 4.74 Å². The Hall–Kier alpha value is -1.69. The molecule has 1 N–H and O–H groups in total. The van der Waals surface area contributed by atoms with Crippen LogP contribution in [0.5, 0.6) is 5.75 Å². The molecule has 116 valence electrons. The molecule has 0 aromatic heterocycles. The number of carboxylic acids is 1. The molecular weight excluding hydrogens is 280 g/mol. The van der Waals surface area contributed by atoms with E-state index >= 15 is 0 Å². The molecule has 1 aromatic rings. The van der Waals surface area contributed by atoms with Crippen LogP contribution in [0.4, 0.5) is 8.78 Å². The number of benzene rings is 1. The number of piperidine rings is 1. The third kappa shape index (κ3) is 4.97. The summed E-state index contributed by atoms with van der Waals surface area (Å²) in [5, 5.41) is 8.77. The van der Waals surface area contributed by atoms with Gasteiger partial charge in [0.1, 0.15) is 5.75 Å².